The summed E-state index contributed by atoms with van der Waals surface area (Å²) in [4.78, 5) is 41.0. The smallest absolute Gasteiger partial charge is 0.309 e. The third kappa shape index (κ3) is 2.60. The van der Waals surface area contributed by atoms with Crippen LogP contribution in [0.15, 0.2) is 42.1 Å². The molecule has 3 saturated carbocycles. The number of benzene rings is 1. The molecule has 3 aliphatic carbocycles. The molecule has 1 aromatic carbocycles. The minimum atomic E-state index is -1.59. The van der Waals surface area contributed by atoms with Gasteiger partial charge in [0.1, 0.15) is 0 Å². The molecule has 2 bridgehead atoms. The molecule has 1 unspecified atom stereocenters. The Morgan fingerprint density at radius 1 is 1.10 bits per heavy atom. The molecule has 5 atom stereocenters. The average molecular weight is 399 g/mol. The van der Waals surface area contributed by atoms with E-state index in [2.05, 4.69) is 0 Å². The van der Waals surface area contributed by atoms with Crippen molar-refractivity contribution < 1.29 is 28.6 Å². The van der Waals surface area contributed by atoms with Crippen LogP contribution in [0, 0.1) is 23.7 Å². The summed E-state index contributed by atoms with van der Waals surface area (Å²) >= 11 is 0. The summed E-state index contributed by atoms with van der Waals surface area (Å²) < 4.78 is 16.3. The maximum atomic E-state index is 13.4. The molecule has 4 aliphatic rings. The Hall–Kier alpha value is -2.51. The van der Waals surface area contributed by atoms with Gasteiger partial charge < -0.3 is 19.1 Å². The van der Waals surface area contributed by atoms with E-state index in [9.17, 15) is 14.4 Å². The fraction of sp³-hybridized carbons (Fsp3) is 0.500. The lowest BCUT2D eigenvalue weighted by atomic mass is 9.54. The number of Topliss-reactive ketones (excluding diaryl/α,β-unsaturated/α-hetero) is 1. The Morgan fingerprint density at radius 2 is 1.76 bits per heavy atom. The predicted molar refractivity (Wildman–Crippen MR) is 103 cm³/mol. The van der Waals surface area contributed by atoms with Gasteiger partial charge in [0, 0.05) is 37.3 Å². The second-order valence-corrected chi connectivity index (χ2v) is 7.85. The second kappa shape index (κ2) is 7.07. The molecule has 0 N–H and O–H groups in total. The fourth-order valence-corrected chi connectivity index (χ4v) is 5.59. The standard InChI is InChI=1S/C22H25NO6/c1-12-10-14-15-11-16(21(26)27-2)17(22(28-3,29-4)19(15)24)18(14)23(12)20(25)13-8-6-5-7-9-13/h5-10,14-18H,11H2,1-4H3/t14-,15+,16?,17-,18-/m1/s1. The van der Waals surface area contributed by atoms with E-state index in [1.165, 1.54) is 21.3 Å². The number of ether oxygens (including phenoxy) is 3. The SMILES string of the molecule is COC(=O)C1C[C@@H]2C(=O)C(OC)(OC)[C@H]1[C@H]1[C@@H]2C=C(C)N1C(=O)c1ccccc1. The first kappa shape index (κ1) is 19.8. The van der Waals surface area contributed by atoms with E-state index in [0.29, 0.717) is 12.0 Å². The summed E-state index contributed by atoms with van der Waals surface area (Å²) in [6.45, 7) is 1.86. The lowest BCUT2D eigenvalue weighted by Crippen LogP contribution is -2.72. The van der Waals surface area contributed by atoms with E-state index in [1.807, 2.05) is 31.2 Å². The quantitative estimate of drug-likeness (QED) is 0.569. The average Bonchev–Trinajstić information content (AvgIpc) is 3.11. The van der Waals surface area contributed by atoms with Crippen molar-refractivity contribution in [3.05, 3.63) is 47.7 Å². The summed E-state index contributed by atoms with van der Waals surface area (Å²) in [5.41, 5.74) is 1.31. The van der Waals surface area contributed by atoms with Crippen molar-refractivity contribution in [2.45, 2.75) is 25.2 Å². The highest BCUT2D eigenvalue weighted by atomic mass is 16.7. The molecule has 7 nitrogen and oxygen atoms in total. The predicted octanol–water partition coefficient (Wildman–Crippen LogP) is 2.03. The normalized spacial score (nSPS) is 32.0. The van der Waals surface area contributed by atoms with Gasteiger partial charge in [-0.25, -0.2) is 0 Å². The lowest BCUT2D eigenvalue weighted by molar-refractivity contribution is -0.275. The van der Waals surface area contributed by atoms with Crippen LogP contribution < -0.4 is 0 Å². The lowest BCUT2D eigenvalue weighted by Gasteiger charge is -2.57. The summed E-state index contributed by atoms with van der Waals surface area (Å²) in [5, 5.41) is 0. The molecule has 0 saturated heterocycles. The number of amides is 1. The van der Waals surface area contributed by atoms with Gasteiger partial charge in [0.05, 0.1) is 25.0 Å². The molecule has 1 amide bonds. The van der Waals surface area contributed by atoms with Crippen molar-refractivity contribution in [2.24, 2.45) is 23.7 Å². The van der Waals surface area contributed by atoms with Crippen LogP contribution in [-0.4, -0.2) is 55.7 Å². The van der Waals surface area contributed by atoms with E-state index in [0.717, 1.165) is 5.70 Å². The highest BCUT2D eigenvalue weighted by Gasteiger charge is 2.70. The number of hydrogen-bond donors (Lipinski definition) is 0. The summed E-state index contributed by atoms with van der Waals surface area (Å²) in [6, 6.07) is 8.55. The number of methoxy groups -OCH3 is 3. The maximum Gasteiger partial charge on any atom is 0.309 e. The summed E-state index contributed by atoms with van der Waals surface area (Å²) in [5.74, 6) is -4.29. The largest absolute Gasteiger partial charge is 0.469 e. The van der Waals surface area contributed by atoms with Crippen LogP contribution in [0.1, 0.15) is 23.7 Å². The summed E-state index contributed by atoms with van der Waals surface area (Å²) in [6.07, 6.45) is 2.34. The number of ketones is 1. The first-order valence-corrected chi connectivity index (χ1v) is 9.70. The second-order valence-electron chi connectivity index (χ2n) is 7.85. The van der Waals surface area contributed by atoms with Gasteiger partial charge >= 0.3 is 5.97 Å². The molecular formula is C22H25NO6. The van der Waals surface area contributed by atoms with Gasteiger partial charge in [0.15, 0.2) is 5.78 Å². The van der Waals surface area contributed by atoms with E-state index in [1.54, 1.807) is 17.0 Å². The number of carbonyl (C=O) groups excluding carboxylic acids is 3. The number of fused-ring (bicyclic) bond motifs is 2. The third-order valence-corrected chi connectivity index (χ3v) is 6.75. The van der Waals surface area contributed by atoms with Gasteiger partial charge in [0.2, 0.25) is 5.79 Å². The van der Waals surface area contributed by atoms with Crippen molar-refractivity contribution in [1.82, 2.24) is 4.90 Å². The Bertz CT molecular complexity index is 875. The number of nitrogens with zero attached hydrogens (tertiary/aromatic N) is 1. The third-order valence-electron chi connectivity index (χ3n) is 6.75. The molecule has 0 aromatic heterocycles. The number of carbonyl (C=O) groups is 3. The highest BCUT2D eigenvalue weighted by Crippen LogP contribution is 2.58. The van der Waals surface area contributed by atoms with Crippen LogP contribution in [0.3, 0.4) is 0 Å². The topological polar surface area (TPSA) is 82.1 Å². The molecule has 5 rings (SSSR count). The summed E-state index contributed by atoms with van der Waals surface area (Å²) in [7, 11) is 4.14. The maximum absolute atomic E-state index is 13.4. The van der Waals surface area contributed by atoms with Crippen LogP contribution in [-0.2, 0) is 23.8 Å². The molecule has 1 aliphatic heterocycles. The first-order chi connectivity index (χ1) is 13.9. The zero-order valence-corrected chi connectivity index (χ0v) is 17.0. The highest BCUT2D eigenvalue weighted by molar-refractivity contribution is 5.98. The molecule has 1 aromatic rings. The van der Waals surface area contributed by atoms with Crippen LogP contribution in [0.4, 0.5) is 0 Å². The zero-order valence-electron chi connectivity index (χ0n) is 17.0. The van der Waals surface area contributed by atoms with Gasteiger partial charge in [-0.2, -0.15) is 0 Å². The molecule has 3 fully saturated rings. The van der Waals surface area contributed by atoms with Crippen molar-refractivity contribution in [1.29, 1.82) is 0 Å². The Labute approximate surface area is 169 Å². The van der Waals surface area contributed by atoms with Gasteiger partial charge in [-0.1, -0.05) is 24.3 Å². The number of hydrogen-bond acceptors (Lipinski definition) is 6. The molecule has 0 radical (unpaired) electrons. The van der Waals surface area contributed by atoms with E-state index >= 15 is 0 Å². The number of esters is 1. The molecule has 1 heterocycles. The van der Waals surface area contributed by atoms with Gasteiger partial charge in [-0.3, -0.25) is 14.4 Å². The van der Waals surface area contributed by atoms with Crippen molar-refractivity contribution in [3.63, 3.8) is 0 Å². The first-order valence-electron chi connectivity index (χ1n) is 9.70. The van der Waals surface area contributed by atoms with E-state index in [4.69, 9.17) is 14.2 Å². The number of allylic oxidation sites excluding steroid dienone is 1. The monoisotopic (exact) mass is 399 g/mol. The molecule has 7 heteroatoms. The van der Waals surface area contributed by atoms with Crippen molar-refractivity contribution in [3.8, 4) is 0 Å². The van der Waals surface area contributed by atoms with E-state index < -0.39 is 35.6 Å². The Kier molecular flexibility index (Phi) is 4.83. The molecule has 154 valence electrons. The number of rotatable bonds is 4. The van der Waals surface area contributed by atoms with Crippen LogP contribution in [0.25, 0.3) is 0 Å². The van der Waals surface area contributed by atoms with Crippen molar-refractivity contribution >= 4 is 17.7 Å². The van der Waals surface area contributed by atoms with Crippen LogP contribution >= 0.6 is 0 Å². The zero-order chi connectivity index (χ0) is 20.9. The van der Waals surface area contributed by atoms with Gasteiger partial charge in [-0.05, 0) is 25.5 Å². The van der Waals surface area contributed by atoms with Crippen LogP contribution in [0.5, 0.6) is 0 Å². The Balaban J connectivity index is 1.83. The minimum Gasteiger partial charge on any atom is -0.469 e. The van der Waals surface area contributed by atoms with Gasteiger partial charge in [-0.15, -0.1) is 0 Å². The van der Waals surface area contributed by atoms with Gasteiger partial charge in [0.25, 0.3) is 5.91 Å². The van der Waals surface area contributed by atoms with Crippen molar-refractivity contribution in [2.75, 3.05) is 21.3 Å². The molecular weight excluding hydrogens is 374 g/mol. The fourth-order valence-electron chi connectivity index (χ4n) is 5.59. The Morgan fingerprint density at radius 3 is 2.34 bits per heavy atom. The minimum absolute atomic E-state index is 0.170. The van der Waals surface area contributed by atoms with E-state index in [-0.39, 0.29) is 17.6 Å². The molecule has 29 heavy (non-hydrogen) atoms. The van der Waals surface area contributed by atoms with Crippen LogP contribution in [0.2, 0.25) is 0 Å². The molecule has 0 spiro atoms.